The summed E-state index contributed by atoms with van der Waals surface area (Å²) in [6, 6.07) is 0. The van der Waals surface area contributed by atoms with E-state index in [2.05, 4.69) is 12.2 Å². The van der Waals surface area contributed by atoms with E-state index in [4.69, 9.17) is 4.74 Å². The summed E-state index contributed by atoms with van der Waals surface area (Å²) in [5.41, 5.74) is 0. The lowest BCUT2D eigenvalue weighted by atomic mass is 9.95. The average molecular weight is 152 g/mol. The van der Waals surface area contributed by atoms with E-state index in [1.165, 1.54) is 12.8 Å². The first-order valence-electron chi connectivity index (χ1n) is 4.13. The van der Waals surface area contributed by atoms with E-state index < -0.39 is 0 Å². The maximum Gasteiger partial charge on any atom is 0.293 e. The molecule has 3 unspecified atom stereocenters. The van der Waals surface area contributed by atoms with Crippen LogP contribution in [0.2, 0.25) is 0 Å². The largest absolute Gasteiger partial charge is 0.468 e. The molecule has 0 spiro atoms. The molecule has 2 heteroatoms. The van der Waals surface area contributed by atoms with Crippen molar-refractivity contribution in [1.29, 1.82) is 0 Å². The van der Waals surface area contributed by atoms with Gasteiger partial charge in [-0.1, -0.05) is 12.2 Å². The lowest BCUT2D eigenvalue weighted by Gasteiger charge is -2.15. The van der Waals surface area contributed by atoms with Crippen molar-refractivity contribution in [2.75, 3.05) is 6.61 Å². The molecule has 0 radical (unpaired) electrons. The Labute approximate surface area is 66.2 Å². The maximum absolute atomic E-state index is 9.93. The predicted molar refractivity (Wildman–Crippen MR) is 40.9 cm³/mol. The van der Waals surface area contributed by atoms with Gasteiger partial charge in [0.05, 0.1) is 6.61 Å². The van der Waals surface area contributed by atoms with Crippen molar-refractivity contribution in [2.24, 2.45) is 17.8 Å². The highest BCUT2D eigenvalue weighted by Gasteiger charge is 2.35. The molecule has 3 atom stereocenters. The Balaban J connectivity index is 1.88. The molecule has 60 valence electrons. The van der Waals surface area contributed by atoms with Crippen molar-refractivity contribution >= 4 is 6.47 Å². The molecule has 2 bridgehead atoms. The summed E-state index contributed by atoms with van der Waals surface area (Å²) < 4.78 is 4.76. The van der Waals surface area contributed by atoms with Crippen LogP contribution in [0.1, 0.15) is 12.8 Å². The molecule has 0 saturated heterocycles. The molecule has 1 fully saturated rings. The Bertz CT molecular complexity index is 186. The van der Waals surface area contributed by atoms with E-state index in [0.29, 0.717) is 24.9 Å². The van der Waals surface area contributed by atoms with Gasteiger partial charge < -0.3 is 4.74 Å². The van der Waals surface area contributed by atoms with Gasteiger partial charge in [-0.05, 0) is 30.6 Å². The fraction of sp³-hybridized carbons (Fsp3) is 0.667. The first kappa shape index (κ1) is 6.89. The quantitative estimate of drug-likeness (QED) is 0.451. The number of hydrogen-bond donors (Lipinski definition) is 0. The molecule has 0 aromatic rings. The normalized spacial score (nSPS) is 39.5. The highest BCUT2D eigenvalue weighted by molar-refractivity contribution is 5.37. The van der Waals surface area contributed by atoms with Gasteiger partial charge in [-0.2, -0.15) is 0 Å². The van der Waals surface area contributed by atoms with Crippen molar-refractivity contribution in [3.63, 3.8) is 0 Å². The molecular formula is C9H12O2. The summed E-state index contributed by atoms with van der Waals surface area (Å²) in [6.45, 7) is 1.17. The minimum Gasteiger partial charge on any atom is -0.468 e. The van der Waals surface area contributed by atoms with Crippen LogP contribution in [0.5, 0.6) is 0 Å². The number of hydrogen-bond acceptors (Lipinski definition) is 2. The van der Waals surface area contributed by atoms with Crippen molar-refractivity contribution < 1.29 is 9.53 Å². The van der Waals surface area contributed by atoms with E-state index in [9.17, 15) is 4.79 Å². The Morgan fingerprint density at radius 2 is 2.36 bits per heavy atom. The third kappa shape index (κ3) is 1.17. The van der Waals surface area contributed by atoms with E-state index in [0.717, 1.165) is 5.92 Å². The van der Waals surface area contributed by atoms with E-state index in [1.807, 2.05) is 0 Å². The van der Waals surface area contributed by atoms with Gasteiger partial charge in [0.1, 0.15) is 0 Å². The van der Waals surface area contributed by atoms with Crippen LogP contribution in [0.3, 0.4) is 0 Å². The molecule has 0 heterocycles. The summed E-state index contributed by atoms with van der Waals surface area (Å²) in [7, 11) is 0. The molecule has 0 aliphatic heterocycles. The highest BCUT2D eigenvalue weighted by Crippen LogP contribution is 2.43. The molecule has 2 nitrogen and oxygen atoms in total. The van der Waals surface area contributed by atoms with Gasteiger partial charge in [-0.15, -0.1) is 0 Å². The van der Waals surface area contributed by atoms with Crippen LogP contribution in [-0.2, 0) is 9.53 Å². The maximum atomic E-state index is 9.93. The molecule has 0 N–H and O–H groups in total. The highest BCUT2D eigenvalue weighted by atomic mass is 16.5. The second-order valence-corrected chi connectivity index (χ2v) is 3.47. The number of fused-ring (bicyclic) bond motifs is 2. The van der Waals surface area contributed by atoms with Crippen molar-refractivity contribution in [3.05, 3.63) is 12.2 Å². The van der Waals surface area contributed by atoms with Crippen LogP contribution < -0.4 is 0 Å². The summed E-state index contributed by atoms with van der Waals surface area (Å²) in [6.07, 6.45) is 7.07. The summed E-state index contributed by atoms with van der Waals surface area (Å²) in [4.78, 5) is 9.93. The van der Waals surface area contributed by atoms with Crippen LogP contribution in [0, 0.1) is 17.8 Å². The summed E-state index contributed by atoms with van der Waals surface area (Å²) in [5, 5.41) is 0. The fourth-order valence-corrected chi connectivity index (χ4v) is 2.25. The van der Waals surface area contributed by atoms with Crippen LogP contribution in [-0.4, -0.2) is 13.1 Å². The molecule has 2 aliphatic carbocycles. The Kier molecular flexibility index (Phi) is 1.68. The van der Waals surface area contributed by atoms with E-state index in [1.54, 1.807) is 0 Å². The molecule has 0 aromatic carbocycles. The van der Waals surface area contributed by atoms with Crippen molar-refractivity contribution in [3.8, 4) is 0 Å². The standard InChI is InChI=1S/C9H12O2/c10-6-11-5-9-4-7-1-2-8(9)3-7/h1-2,6-9H,3-5H2. The summed E-state index contributed by atoms with van der Waals surface area (Å²) >= 11 is 0. The first-order chi connectivity index (χ1) is 5.40. The number of ether oxygens (including phenoxy) is 1. The van der Waals surface area contributed by atoms with Crippen LogP contribution in [0.15, 0.2) is 12.2 Å². The molecular weight excluding hydrogens is 140 g/mol. The second kappa shape index (κ2) is 2.68. The third-order valence-corrected chi connectivity index (χ3v) is 2.79. The number of carbonyl (C=O) groups is 1. The Hall–Kier alpha value is -0.790. The van der Waals surface area contributed by atoms with Crippen LogP contribution in [0.25, 0.3) is 0 Å². The zero-order valence-corrected chi connectivity index (χ0v) is 6.40. The minimum atomic E-state index is 0.551. The third-order valence-electron chi connectivity index (χ3n) is 2.79. The zero-order valence-electron chi connectivity index (χ0n) is 6.40. The lowest BCUT2D eigenvalue weighted by Crippen LogP contribution is -2.13. The van der Waals surface area contributed by atoms with Gasteiger partial charge in [0.25, 0.3) is 6.47 Å². The fourth-order valence-electron chi connectivity index (χ4n) is 2.25. The van der Waals surface area contributed by atoms with Crippen LogP contribution in [0.4, 0.5) is 0 Å². The molecule has 0 amide bonds. The van der Waals surface area contributed by atoms with Gasteiger partial charge in [0.15, 0.2) is 0 Å². The van der Waals surface area contributed by atoms with Crippen LogP contribution >= 0.6 is 0 Å². The summed E-state index contributed by atoms with van der Waals surface area (Å²) in [5.74, 6) is 2.08. The molecule has 2 rings (SSSR count). The smallest absolute Gasteiger partial charge is 0.293 e. The van der Waals surface area contributed by atoms with E-state index in [-0.39, 0.29) is 0 Å². The molecule has 11 heavy (non-hydrogen) atoms. The predicted octanol–water partition coefficient (Wildman–Crippen LogP) is 1.37. The second-order valence-electron chi connectivity index (χ2n) is 3.47. The first-order valence-corrected chi connectivity index (χ1v) is 4.13. The van der Waals surface area contributed by atoms with Gasteiger partial charge >= 0.3 is 0 Å². The number of rotatable bonds is 3. The van der Waals surface area contributed by atoms with Gasteiger partial charge in [-0.25, -0.2) is 0 Å². The van der Waals surface area contributed by atoms with E-state index >= 15 is 0 Å². The Morgan fingerprint density at radius 1 is 1.45 bits per heavy atom. The molecule has 1 saturated carbocycles. The topological polar surface area (TPSA) is 26.3 Å². The van der Waals surface area contributed by atoms with Gasteiger partial charge in [0.2, 0.25) is 0 Å². The molecule has 2 aliphatic rings. The lowest BCUT2D eigenvalue weighted by molar-refractivity contribution is -0.130. The SMILES string of the molecule is O=COCC1CC2C=CC1C2. The number of carbonyl (C=O) groups excluding carboxylic acids is 1. The number of allylic oxidation sites excluding steroid dienone is 2. The minimum absolute atomic E-state index is 0.551. The van der Waals surface area contributed by atoms with Gasteiger partial charge in [-0.3, -0.25) is 4.79 Å². The van der Waals surface area contributed by atoms with Crippen molar-refractivity contribution in [1.82, 2.24) is 0 Å². The average Bonchev–Trinajstić information content (AvgIpc) is 2.60. The monoisotopic (exact) mass is 152 g/mol. The zero-order chi connectivity index (χ0) is 7.68. The Morgan fingerprint density at radius 3 is 2.91 bits per heavy atom. The van der Waals surface area contributed by atoms with Gasteiger partial charge in [0, 0.05) is 0 Å². The van der Waals surface area contributed by atoms with Crippen molar-refractivity contribution in [2.45, 2.75) is 12.8 Å². The molecule has 0 aromatic heterocycles.